The number of hydrogen-bond acceptors (Lipinski definition) is 11. The maximum absolute atomic E-state index is 12.9. The second kappa shape index (κ2) is 8.35. The highest BCUT2D eigenvalue weighted by molar-refractivity contribution is 8.00. The number of thioether (sulfide) groups is 1. The number of aliphatic hydroxyl groups is 1. The Morgan fingerprint density at radius 3 is 2.70 bits per heavy atom. The lowest BCUT2D eigenvalue weighted by molar-refractivity contribution is -0.167. The number of carbonyl (C=O) groups excluding carboxylic acids is 2. The lowest BCUT2D eigenvalue weighted by Crippen LogP contribution is -2.77. The van der Waals surface area contributed by atoms with Gasteiger partial charge in [0.05, 0.1) is 6.10 Å². The molecule has 5 N–H and O–H groups in total. The summed E-state index contributed by atoms with van der Waals surface area (Å²) in [4.78, 5) is 47.4. The third-order valence-electron chi connectivity index (χ3n) is 5.19. The predicted octanol–water partition coefficient (Wildman–Crippen LogP) is -1.00. The van der Waals surface area contributed by atoms with E-state index in [2.05, 4.69) is 19.8 Å². The van der Waals surface area contributed by atoms with Crippen LogP contribution in [0.2, 0.25) is 0 Å². The first-order valence-corrected chi connectivity index (χ1v) is 11.2. The molecule has 2 aliphatic heterocycles. The number of nitrogens with one attached hydrogen (secondary N) is 1. The van der Waals surface area contributed by atoms with Crippen molar-refractivity contribution in [3.63, 3.8) is 0 Å². The van der Waals surface area contributed by atoms with E-state index in [4.69, 9.17) is 10.6 Å². The Kier molecular flexibility index (Phi) is 5.79. The van der Waals surface area contributed by atoms with Crippen molar-refractivity contribution in [3.05, 3.63) is 5.82 Å². The number of oxime groups is 1. The molecule has 1 aromatic heterocycles. The molecule has 162 valence electrons. The molecule has 1 aliphatic carbocycles. The van der Waals surface area contributed by atoms with Crippen LogP contribution in [0.5, 0.6) is 0 Å². The van der Waals surface area contributed by atoms with E-state index in [9.17, 15) is 24.6 Å². The topological polar surface area (TPSA) is 180 Å². The lowest BCUT2D eigenvalue weighted by Gasteiger charge is -2.53. The van der Waals surface area contributed by atoms with E-state index in [0.717, 1.165) is 42.1 Å². The highest BCUT2D eigenvalue weighted by Crippen LogP contribution is 2.38. The van der Waals surface area contributed by atoms with Crippen molar-refractivity contribution in [2.24, 2.45) is 5.16 Å². The smallest absolute Gasteiger partial charge is 0.329 e. The average Bonchev–Trinajstić information content (AvgIpc) is 3.37. The molecule has 12 nitrogen and oxygen atoms in total. The summed E-state index contributed by atoms with van der Waals surface area (Å²) < 4.78 is 4.00. The monoisotopic (exact) mass is 456 g/mol. The van der Waals surface area contributed by atoms with Gasteiger partial charge in [-0.2, -0.15) is 9.36 Å². The molecule has 0 spiro atoms. The fourth-order valence-corrected chi connectivity index (χ4v) is 5.48. The molecule has 0 radical (unpaired) electrons. The standard InChI is InChI=1S/C16H20N6O6S2/c17-16-19-11(21-30-16)8(20-28-6-3-1-2-4-6)12(24)18-9-13(25)22-10(15(26)27)7(23)5-29-14(9)22/h6-7,9-10,14,23H,1-5H2,(H,18,24)(H,26,27)(H2,17,19,21)/b20-8-/t7?,9?,10?,14-/m1/s1. The number of β-lactam (4-membered cyclic amide) rings is 1. The Morgan fingerprint density at radius 1 is 1.33 bits per heavy atom. The van der Waals surface area contributed by atoms with Crippen molar-refractivity contribution in [2.45, 2.75) is 55.3 Å². The Hall–Kier alpha value is -2.45. The fourth-order valence-electron chi connectivity index (χ4n) is 3.69. The van der Waals surface area contributed by atoms with E-state index in [-0.39, 0.29) is 28.5 Å². The summed E-state index contributed by atoms with van der Waals surface area (Å²) in [5, 5.41) is 25.3. The van der Waals surface area contributed by atoms with Crippen LogP contribution in [0.4, 0.5) is 5.13 Å². The van der Waals surface area contributed by atoms with Crippen molar-refractivity contribution < 1.29 is 29.4 Å². The van der Waals surface area contributed by atoms with Crippen molar-refractivity contribution in [1.29, 1.82) is 0 Å². The molecule has 0 aromatic carbocycles. The number of aromatic nitrogens is 2. The first-order valence-electron chi connectivity index (χ1n) is 9.35. The van der Waals surface area contributed by atoms with Crippen LogP contribution in [-0.2, 0) is 19.2 Å². The number of nitrogen functional groups attached to an aromatic ring is 1. The van der Waals surface area contributed by atoms with Gasteiger partial charge in [-0.25, -0.2) is 4.79 Å². The molecule has 0 bridgehead atoms. The normalized spacial score (nSPS) is 29.3. The van der Waals surface area contributed by atoms with Gasteiger partial charge in [-0.15, -0.1) is 11.8 Å². The summed E-state index contributed by atoms with van der Waals surface area (Å²) in [6.45, 7) is 0. The molecule has 3 aliphatic rings. The molecule has 30 heavy (non-hydrogen) atoms. The van der Waals surface area contributed by atoms with Gasteiger partial charge in [0, 0.05) is 17.3 Å². The van der Waals surface area contributed by atoms with Gasteiger partial charge in [0.1, 0.15) is 17.5 Å². The fraction of sp³-hybridized carbons (Fsp3) is 0.625. The molecule has 1 aromatic rings. The summed E-state index contributed by atoms with van der Waals surface area (Å²) in [6, 6.07) is -2.29. The van der Waals surface area contributed by atoms with Gasteiger partial charge < -0.3 is 31.0 Å². The van der Waals surface area contributed by atoms with E-state index in [1.165, 1.54) is 11.8 Å². The summed E-state index contributed by atoms with van der Waals surface area (Å²) in [6.07, 6.45) is 2.42. The number of aliphatic carboxylic acids is 1. The third kappa shape index (κ3) is 3.81. The number of carboxylic acids is 1. The minimum atomic E-state index is -1.34. The number of rotatable bonds is 6. The van der Waals surface area contributed by atoms with E-state index >= 15 is 0 Å². The number of fused-ring (bicyclic) bond motifs is 1. The number of nitrogens with two attached hydrogens (primary N) is 1. The third-order valence-corrected chi connectivity index (χ3v) is 7.10. The van der Waals surface area contributed by atoms with Crippen LogP contribution in [0.1, 0.15) is 31.5 Å². The van der Waals surface area contributed by atoms with Crippen molar-refractivity contribution in [2.75, 3.05) is 11.5 Å². The molecule has 14 heteroatoms. The number of hydrogen-bond donors (Lipinski definition) is 4. The summed E-state index contributed by atoms with van der Waals surface area (Å²) in [5.41, 5.74) is 5.42. The summed E-state index contributed by atoms with van der Waals surface area (Å²) >= 11 is 2.10. The second-order valence-electron chi connectivity index (χ2n) is 7.18. The van der Waals surface area contributed by atoms with Crippen LogP contribution in [0.3, 0.4) is 0 Å². The van der Waals surface area contributed by atoms with Crippen molar-refractivity contribution in [1.82, 2.24) is 19.6 Å². The van der Waals surface area contributed by atoms with Crippen LogP contribution >= 0.6 is 23.3 Å². The van der Waals surface area contributed by atoms with Crippen LogP contribution in [0, 0.1) is 0 Å². The molecule has 4 atom stereocenters. The van der Waals surface area contributed by atoms with E-state index in [0.29, 0.717) is 0 Å². The lowest BCUT2D eigenvalue weighted by atomic mass is 9.99. The van der Waals surface area contributed by atoms with Gasteiger partial charge in [-0.1, -0.05) is 5.16 Å². The summed E-state index contributed by atoms with van der Waals surface area (Å²) in [5.74, 6) is -2.48. The van der Waals surface area contributed by atoms with Crippen molar-refractivity contribution >= 4 is 51.9 Å². The van der Waals surface area contributed by atoms with Gasteiger partial charge in [-0.3, -0.25) is 9.59 Å². The number of amides is 2. The molecule has 3 unspecified atom stereocenters. The molecule has 3 fully saturated rings. The molecular formula is C16H20N6O6S2. The van der Waals surface area contributed by atoms with Crippen LogP contribution in [0.15, 0.2) is 5.16 Å². The van der Waals surface area contributed by atoms with Gasteiger partial charge in [-0.05, 0) is 25.7 Å². The number of carbonyl (C=O) groups is 3. The minimum absolute atomic E-state index is 0.00763. The first kappa shape index (κ1) is 20.8. The Morgan fingerprint density at radius 2 is 2.07 bits per heavy atom. The molecular weight excluding hydrogens is 436 g/mol. The molecule has 4 rings (SSSR count). The molecule has 1 saturated carbocycles. The highest BCUT2D eigenvalue weighted by atomic mass is 32.2. The highest BCUT2D eigenvalue weighted by Gasteiger charge is 2.58. The van der Waals surface area contributed by atoms with E-state index in [1.54, 1.807) is 0 Å². The van der Waals surface area contributed by atoms with Gasteiger partial charge >= 0.3 is 5.97 Å². The molecule has 2 saturated heterocycles. The number of carboxylic acid groups (broad SMARTS) is 1. The maximum Gasteiger partial charge on any atom is 0.329 e. The summed E-state index contributed by atoms with van der Waals surface area (Å²) in [7, 11) is 0. The van der Waals surface area contributed by atoms with Gasteiger partial charge in [0.25, 0.3) is 5.91 Å². The Bertz CT molecular complexity index is 887. The zero-order valence-corrected chi connectivity index (χ0v) is 17.3. The molecule has 2 amide bonds. The van der Waals surface area contributed by atoms with Crippen LogP contribution in [-0.4, -0.2) is 83.4 Å². The number of anilines is 1. The van der Waals surface area contributed by atoms with E-state index in [1.807, 2.05) is 0 Å². The molecule has 3 heterocycles. The first-order chi connectivity index (χ1) is 14.4. The maximum atomic E-state index is 12.9. The van der Waals surface area contributed by atoms with Crippen LogP contribution in [0.25, 0.3) is 0 Å². The Labute approximate surface area is 179 Å². The number of aliphatic hydroxyl groups excluding tert-OH is 1. The zero-order chi connectivity index (χ0) is 21.4. The predicted molar refractivity (Wildman–Crippen MR) is 107 cm³/mol. The van der Waals surface area contributed by atoms with Gasteiger partial charge in [0.2, 0.25) is 17.4 Å². The minimum Gasteiger partial charge on any atom is -0.480 e. The SMILES string of the molecule is Nc1nc(/C(=N/OC2CCCC2)C(=O)NC2C(=O)N3C(C(=O)O)C(O)CS[C@H]23)ns1. The zero-order valence-electron chi connectivity index (χ0n) is 15.6. The Balaban J connectivity index is 1.49. The van der Waals surface area contributed by atoms with E-state index < -0.39 is 41.3 Å². The quantitative estimate of drug-likeness (QED) is 0.235. The van der Waals surface area contributed by atoms with Crippen molar-refractivity contribution in [3.8, 4) is 0 Å². The average molecular weight is 457 g/mol. The van der Waals surface area contributed by atoms with Gasteiger partial charge in [0.15, 0.2) is 11.2 Å². The van der Waals surface area contributed by atoms with Crippen LogP contribution < -0.4 is 11.1 Å². The number of nitrogens with zero attached hydrogens (tertiary/aromatic N) is 4. The second-order valence-corrected chi connectivity index (χ2v) is 9.11. The largest absolute Gasteiger partial charge is 0.480 e.